The summed E-state index contributed by atoms with van der Waals surface area (Å²) in [6, 6.07) is 12.4. The molecule has 36 heavy (non-hydrogen) atoms. The van der Waals surface area contributed by atoms with Gasteiger partial charge in [0, 0.05) is 25.2 Å². The summed E-state index contributed by atoms with van der Waals surface area (Å²) in [5.41, 5.74) is 0.777. The van der Waals surface area contributed by atoms with Gasteiger partial charge in [0.2, 0.25) is 11.8 Å². The predicted molar refractivity (Wildman–Crippen MR) is 131 cm³/mol. The van der Waals surface area contributed by atoms with E-state index >= 15 is 0 Å². The smallest absolute Gasteiger partial charge is 0.257 e. The van der Waals surface area contributed by atoms with Gasteiger partial charge >= 0.3 is 0 Å². The molecule has 1 N–H and O–H groups in total. The minimum Gasteiger partial charge on any atom is -0.326 e. The molecule has 3 amide bonds. The normalized spacial score (nSPS) is 23.8. The highest BCUT2D eigenvalue weighted by atomic mass is 19.1. The second-order valence-corrected chi connectivity index (χ2v) is 11.2. The number of hydrogen-bond donors (Lipinski definition) is 1. The van der Waals surface area contributed by atoms with E-state index in [1.807, 2.05) is 45.0 Å². The van der Waals surface area contributed by atoms with E-state index in [0.29, 0.717) is 24.1 Å². The lowest BCUT2D eigenvalue weighted by Crippen LogP contribution is -2.55. The molecule has 1 spiro atoms. The number of fused-ring (bicyclic) bond motifs is 3. The fourth-order valence-corrected chi connectivity index (χ4v) is 5.89. The number of benzene rings is 2. The number of rotatable bonds is 3. The quantitative estimate of drug-likeness (QED) is 0.714. The Bertz CT molecular complexity index is 1310. The zero-order chi connectivity index (χ0) is 25.8. The summed E-state index contributed by atoms with van der Waals surface area (Å²) in [6.07, 6.45) is 0.964. The number of carbonyl (C=O) groups is 3. The number of halogens is 1. The van der Waals surface area contributed by atoms with E-state index in [2.05, 4.69) is 11.4 Å². The zero-order valence-electron chi connectivity index (χ0n) is 20.7. The van der Waals surface area contributed by atoms with Gasteiger partial charge in [-0.3, -0.25) is 14.4 Å². The summed E-state index contributed by atoms with van der Waals surface area (Å²) < 4.78 is 14.7. The van der Waals surface area contributed by atoms with Crippen LogP contribution in [0.5, 0.6) is 0 Å². The van der Waals surface area contributed by atoms with Crippen LogP contribution >= 0.6 is 0 Å². The Hall–Kier alpha value is -3.73. The van der Waals surface area contributed by atoms with Gasteiger partial charge < -0.3 is 15.1 Å². The van der Waals surface area contributed by atoms with Gasteiger partial charge in [0.15, 0.2) is 0 Å². The number of carbonyl (C=O) groups excluding carboxylic acids is 3. The lowest BCUT2D eigenvalue weighted by atomic mass is 9.80. The zero-order valence-corrected chi connectivity index (χ0v) is 20.7. The molecule has 0 aromatic heterocycles. The highest BCUT2D eigenvalue weighted by molar-refractivity contribution is 6.07. The highest BCUT2D eigenvalue weighted by Crippen LogP contribution is 2.46. The van der Waals surface area contributed by atoms with Crippen molar-refractivity contribution < 1.29 is 18.8 Å². The molecule has 5 rings (SSSR count). The van der Waals surface area contributed by atoms with E-state index in [1.165, 1.54) is 15.9 Å². The molecular formula is C28H29FN4O3. The van der Waals surface area contributed by atoms with Gasteiger partial charge in [-0.15, -0.1) is 0 Å². The number of hydrogen-bond acceptors (Lipinski definition) is 4. The molecule has 3 atom stereocenters. The molecule has 0 radical (unpaired) electrons. The number of likely N-dealkylation sites (tertiary alicyclic amines) is 1. The van der Waals surface area contributed by atoms with Crippen molar-refractivity contribution in [3.05, 3.63) is 65.0 Å². The van der Waals surface area contributed by atoms with Gasteiger partial charge in [0.25, 0.3) is 5.91 Å². The minimum absolute atomic E-state index is 0.00860. The summed E-state index contributed by atoms with van der Waals surface area (Å²) >= 11 is 0. The Morgan fingerprint density at radius 3 is 2.69 bits per heavy atom. The van der Waals surface area contributed by atoms with Crippen LogP contribution in [0.25, 0.3) is 0 Å². The molecule has 3 heterocycles. The summed E-state index contributed by atoms with van der Waals surface area (Å²) in [5.74, 6) is -1.71. The molecule has 186 valence electrons. The van der Waals surface area contributed by atoms with Crippen molar-refractivity contribution in [2.24, 2.45) is 5.41 Å². The molecule has 1 fully saturated rings. The SMILES string of the molecule is CC(C)(C)CC(C(=O)N1C[C@]2(C[C@H]1C#N)C(=O)Nc1ccccc12)N1CCc2cccc(F)c2C1=O. The maximum atomic E-state index is 14.7. The van der Waals surface area contributed by atoms with E-state index in [4.69, 9.17) is 0 Å². The van der Waals surface area contributed by atoms with Crippen LogP contribution in [-0.4, -0.2) is 52.7 Å². The van der Waals surface area contributed by atoms with E-state index in [9.17, 15) is 24.0 Å². The van der Waals surface area contributed by atoms with Crippen LogP contribution in [0.3, 0.4) is 0 Å². The first-order chi connectivity index (χ1) is 17.1. The third-order valence-electron chi connectivity index (χ3n) is 7.58. The molecule has 7 nitrogen and oxygen atoms in total. The van der Waals surface area contributed by atoms with Gasteiger partial charge in [-0.05, 0) is 41.5 Å². The molecule has 8 heteroatoms. The van der Waals surface area contributed by atoms with Gasteiger partial charge in [-0.2, -0.15) is 5.26 Å². The van der Waals surface area contributed by atoms with Crippen LogP contribution in [0.1, 0.15) is 55.1 Å². The van der Waals surface area contributed by atoms with Crippen LogP contribution < -0.4 is 5.32 Å². The largest absolute Gasteiger partial charge is 0.326 e. The van der Waals surface area contributed by atoms with Crippen LogP contribution in [0.15, 0.2) is 42.5 Å². The van der Waals surface area contributed by atoms with Crippen molar-refractivity contribution in [1.82, 2.24) is 9.80 Å². The van der Waals surface area contributed by atoms with Crippen LogP contribution in [-0.2, 0) is 21.4 Å². The van der Waals surface area contributed by atoms with Crippen molar-refractivity contribution in [1.29, 1.82) is 5.26 Å². The van der Waals surface area contributed by atoms with Crippen LogP contribution in [0.2, 0.25) is 0 Å². The number of amides is 3. The fraction of sp³-hybridized carbons (Fsp3) is 0.429. The standard InChI is InChI=1S/C28H29FN4O3/c1-27(2,3)14-22(32-12-11-17-7-6-9-20(29)23(17)25(32)35)24(34)33-16-28(13-18(33)15-30)19-8-4-5-10-21(19)31-26(28)36/h4-10,18,22H,11-14,16H2,1-3H3,(H,31,36)/t18-,22?,28-/m0/s1. The molecule has 2 aromatic rings. The number of nitrogens with zero attached hydrogens (tertiary/aromatic N) is 3. The Balaban J connectivity index is 1.51. The molecule has 2 aromatic carbocycles. The lowest BCUT2D eigenvalue weighted by Gasteiger charge is -2.39. The number of nitrogens with one attached hydrogen (secondary N) is 1. The summed E-state index contributed by atoms with van der Waals surface area (Å²) in [5, 5.41) is 12.9. The molecule has 1 unspecified atom stereocenters. The van der Waals surface area contributed by atoms with Crippen molar-refractivity contribution >= 4 is 23.4 Å². The lowest BCUT2D eigenvalue weighted by molar-refractivity contribution is -0.137. The Morgan fingerprint density at radius 2 is 1.97 bits per heavy atom. The van der Waals surface area contributed by atoms with Gasteiger partial charge in [0.05, 0.1) is 17.0 Å². The average Bonchev–Trinajstić information content (AvgIpc) is 3.35. The van der Waals surface area contributed by atoms with Gasteiger partial charge in [-0.1, -0.05) is 51.1 Å². The minimum atomic E-state index is -1.01. The highest BCUT2D eigenvalue weighted by Gasteiger charge is 2.57. The summed E-state index contributed by atoms with van der Waals surface area (Å²) in [6.45, 7) is 6.26. The first-order valence-electron chi connectivity index (χ1n) is 12.3. The van der Waals surface area contributed by atoms with E-state index < -0.39 is 29.2 Å². The van der Waals surface area contributed by atoms with Crippen molar-refractivity contribution in [2.75, 3.05) is 18.4 Å². The Kier molecular flexibility index (Phi) is 5.62. The fourth-order valence-electron chi connectivity index (χ4n) is 5.89. The third kappa shape index (κ3) is 3.74. The van der Waals surface area contributed by atoms with E-state index in [-0.39, 0.29) is 42.3 Å². The van der Waals surface area contributed by atoms with Crippen molar-refractivity contribution in [2.45, 2.75) is 57.5 Å². The van der Waals surface area contributed by atoms with Crippen molar-refractivity contribution in [3.63, 3.8) is 0 Å². The Labute approximate surface area is 209 Å². The number of nitriles is 1. The number of para-hydroxylation sites is 1. The third-order valence-corrected chi connectivity index (χ3v) is 7.58. The second kappa shape index (κ2) is 8.44. The van der Waals surface area contributed by atoms with Crippen LogP contribution in [0, 0.1) is 22.6 Å². The molecular weight excluding hydrogens is 459 g/mol. The van der Waals surface area contributed by atoms with Crippen molar-refractivity contribution in [3.8, 4) is 6.07 Å². The average molecular weight is 489 g/mol. The maximum Gasteiger partial charge on any atom is 0.257 e. The predicted octanol–water partition coefficient (Wildman–Crippen LogP) is 3.64. The number of anilines is 1. The van der Waals surface area contributed by atoms with E-state index in [0.717, 1.165) is 5.56 Å². The summed E-state index contributed by atoms with van der Waals surface area (Å²) in [7, 11) is 0. The molecule has 3 aliphatic rings. The first-order valence-corrected chi connectivity index (χ1v) is 12.3. The molecule has 0 aliphatic carbocycles. The molecule has 0 bridgehead atoms. The molecule has 3 aliphatic heterocycles. The first kappa shape index (κ1) is 24.0. The second-order valence-electron chi connectivity index (χ2n) is 11.2. The van der Waals surface area contributed by atoms with Gasteiger partial charge in [0.1, 0.15) is 17.9 Å². The molecule has 0 saturated carbocycles. The molecule has 1 saturated heterocycles. The summed E-state index contributed by atoms with van der Waals surface area (Å²) in [4.78, 5) is 43.7. The van der Waals surface area contributed by atoms with E-state index in [1.54, 1.807) is 12.1 Å². The topological polar surface area (TPSA) is 93.5 Å². The monoisotopic (exact) mass is 488 g/mol. The van der Waals surface area contributed by atoms with Crippen LogP contribution in [0.4, 0.5) is 10.1 Å². The maximum absolute atomic E-state index is 14.7. The van der Waals surface area contributed by atoms with Gasteiger partial charge in [-0.25, -0.2) is 4.39 Å². The Morgan fingerprint density at radius 1 is 1.22 bits per heavy atom.